The molecule has 10 heavy (non-hydrogen) atoms. The van der Waals surface area contributed by atoms with Crippen LogP contribution in [0.5, 0.6) is 0 Å². The molecule has 1 nitrogen and oxygen atoms in total. The van der Waals surface area contributed by atoms with Crippen molar-refractivity contribution in [3.8, 4) is 0 Å². The SMILES string of the molecule is C[C@@]12CCNC[C@@H]1C2(Cl)Cl. The van der Waals surface area contributed by atoms with Crippen molar-refractivity contribution in [3.05, 3.63) is 0 Å². The van der Waals surface area contributed by atoms with Crippen molar-refractivity contribution in [2.45, 2.75) is 17.7 Å². The first-order chi connectivity index (χ1) is 4.59. The van der Waals surface area contributed by atoms with E-state index in [1.807, 2.05) is 0 Å². The van der Waals surface area contributed by atoms with Crippen LogP contribution in [0.2, 0.25) is 0 Å². The van der Waals surface area contributed by atoms with Gasteiger partial charge in [0.25, 0.3) is 0 Å². The van der Waals surface area contributed by atoms with Crippen molar-refractivity contribution in [1.82, 2.24) is 5.32 Å². The fourth-order valence-corrected chi connectivity index (χ4v) is 2.94. The van der Waals surface area contributed by atoms with Crippen molar-refractivity contribution in [3.63, 3.8) is 0 Å². The smallest absolute Gasteiger partial charge is 0.128 e. The van der Waals surface area contributed by atoms with E-state index in [-0.39, 0.29) is 5.41 Å². The monoisotopic (exact) mass is 179 g/mol. The topological polar surface area (TPSA) is 12.0 Å². The molecular weight excluding hydrogens is 169 g/mol. The summed E-state index contributed by atoms with van der Waals surface area (Å²) in [6.07, 6.45) is 1.12. The van der Waals surface area contributed by atoms with Crippen molar-refractivity contribution >= 4 is 23.2 Å². The highest BCUT2D eigenvalue weighted by atomic mass is 35.5. The Labute approximate surface area is 71.1 Å². The first kappa shape index (κ1) is 7.20. The van der Waals surface area contributed by atoms with Crippen molar-refractivity contribution in [2.24, 2.45) is 11.3 Å². The molecule has 2 aliphatic rings. The maximum atomic E-state index is 6.08. The van der Waals surface area contributed by atoms with E-state index in [1.165, 1.54) is 0 Å². The summed E-state index contributed by atoms with van der Waals surface area (Å²) >= 11 is 12.2. The molecule has 1 aliphatic carbocycles. The number of alkyl halides is 2. The van der Waals surface area contributed by atoms with Gasteiger partial charge in [-0.15, -0.1) is 23.2 Å². The Morgan fingerprint density at radius 2 is 2.20 bits per heavy atom. The average Bonchev–Trinajstić information content (AvgIpc) is 2.30. The molecule has 1 saturated heterocycles. The summed E-state index contributed by atoms with van der Waals surface area (Å²) in [4.78, 5) is 0. The van der Waals surface area contributed by atoms with E-state index in [2.05, 4.69) is 12.2 Å². The molecule has 0 bridgehead atoms. The van der Waals surface area contributed by atoms with Gasteiger partial charge in [0.2, 0.25) is 0 Å². The summed E-state index contributed by atoms with van der Waals surface area (Å²) in [6, 6.07) is 0. The fraction of sp³-hybridized carbons (Fsp3) is 1.00. The van der Waals surface area contributed by atoms with E-state index in [4.69, 9.17) is 23.2 Å². The van der Waals surface area contributed by atoms with Crippen LogP contribution < -0.4 is 5.32 Å². The molecular formula is C7H11Cl2N. The molecule has 0 spiro atoms. The second kappa shape index (κ2) is 1.82. The molecule has 0 radical (unpaired) electrons. The molecule has 3 heteroatoms. The van der Waals surface area contributed by atoms with Crippen LogP contribution in [-0.2, 0) is 0 Å². The van der Waals surface area contributed by atoms with Crippen LogP contribution in [0, 0.1) is 11.3 Å². The summed E-state index contributed by atoms with van der Waals surface area (Å²) in [6.45, 7) is 4.23. The third kappa shape index (κ3) is 0.640. The molecule has 0 amide bonds. The van der Waals surface area contributed by atoms with Gasteiger partial charge in [-0.2, -0.15) is 0 Å². The Kier molecular flexibility index (Phi) is 1.31. The molecule has 0 unspecified atom stereocenters. The molecule has 58 valence electrons. The number of hydrogen-bond donors (Lipinski definition) is 1. The van der Waals surface area contributed by atoms with Gasteiger partial charge in [0, 0.05) is 17.9 Å². The Hall–Kier alpha value is 0.540. The van der Waals surface area contributed by atoms with Crippen LogP contribution >= 0.6 is 23.2 Å². The Balaban J connectivity index is 2.20. The molecule has 1 heterocycles. The van der Waals surface area contributed by atoms with Gasteiger partial charge in [-0.25, -0.2) is 0 Å². The van der Waals surface area contributed by atoms with Gasteiger partial charge < -0.3 is 5.32 Å². The molecule has 0 aromatic heterocycles. The fourth-order valence-electron chi connectivity index (χ4n) is 1.96. The maximum absolute atomic E-state index is 6.08. The molecule has 0 aromatic carbocycles. The lowest BCUT2D eigenvalue weighted by molar-refractivity contribution is 0.381. The highest BCUT2D eigenvalue weighted by Gasteiger charge is 2.72. The third-order valence-electron chi connectivity index (χ3n) is 3.05. The number of fused-ring (bicyclic) bond motifs is 1. The van der Waals surface area contributed by atoms with Crippen molar-refractivity contribution in [2.75, 3.05) is 13.1 Å². The lowest BCUT2D eigenvalue weighted by Gasteiger charge is -2.16. The lowest BCUT2D eigenvalue weighted by Crippen LogP contribution is -2.27. The van der Waals surface area contributed by atoms with E-state index >= 15 is 0 Å². The largest absolute Gasteiger partial charge is 0.316 e. The van der Waals surface area contributed by atoms with E-state index in [0.29, 0.717) is 5.92 Å². The standard InChI is InChI=1S/C7H11Cl2N/c1-6-2-3-10-4-5(6)7(6,8)9/h5,10H,2-4H2,1H3/t5-,6+/m0/s1. The Bertz CT molecular complexity index is 169. The Morgan fingerprint density at radius 3 is 2.60 bits per heavy atom. The van der Waals surface area contributed by atoms with Crippen molar-refractivity contribution < 1.29 is 0 Å². The second-order valence-electron chi connectivity index (χ2n) is 3.55. The predicted molar refractivity (Wildman–Crippen MR) is 43.5 cm³/mol. The molecule has 2 fully saturated rings. The zero-order chi connectivity index (χ0) is 7.41. The maximum Gasteiger partial charge on any atom is 0.128 e. The molecule has 2 rings (SSSR count). The van der Waals surface area contributed by atoms with Gasteiger partial charge in [0.15, 0.2) is 0 Å². The first-order valence-electron chi connectivity index (χ1n) is 3.67. The number of nitrogens with one attached hydrogen (secondary N) is 1. The van der Waals surface area contributed by atoms with Crippen LogP contribution in [0.4, 0.5) is 0 Å². The van der Waals surface area contributed by atoms with Crippen LogP contribution in [0.3, 0.4) is 0 Å². The molecule has 1 aliphatic heterocycles. The number of piperidine rings is 1. The zero-order valence-electron chi connectivity index (χ0n) is 5.95. The van der Waals surface area contributed by atoms with Gasteiger partial charge in [-0.1, -0.05) is 6.92 Å². The van der Waals surface area contributed by atoms with E-state index < -0.39 is 4.33 Å². The minimum Gasteiger partial charge on any atom is -0.316 e. The summed E-state index contributed by atoms with van der Waals surface area (Å²) in [5.41, 5.74) is 0.210. The lowest BCUT2D eigenvalue weighted by atomic mass is 9.99. The van der Waals surface area contributed by atoms with E-state index in [1.54, 1.807) is 0 Å². The van der Waals surface area contributed by atoms with Crippen LogP contribution in [-0.4, -0.2) is 17.4 Å². The summed E-state index contributed by atoms with van der Waals surface area (Å²) in [5.74, 6) is 0.483. The van der Waals surface area contributed by atoms with Gasteiger partial charge >= 0.3 is 0 Å². The highest BCUT2D eigenvalue weighted by molar-refractivity contribution is 6.51. The van der Waals surface area contributed by atoms with Gasteiger partial charge in [-0.3, -0.25) is 0 Å². The molecule has 0 aromatic rings. The van der Waals surface area contributed by atoms with Crippen LogP contribution in [0.15, 0.2) is 0 Å². The van der Waals surface area contributed by atoms with Gasteiger partial charge in [0.05, 0.1) is 0 Å². The van der Waals surface area contributed by atoms with Gasteiger partial charge in [-0.05, 0) is 13.0 Å². The predicted octanol–water partition coefficient (Wildman–Crippen LogP) is 1.79. The quantitative estimate of drug-likeness (QED) is 0.560. The summed E-state index contributed by atoms with van der Waals surface area (Å²) in [7, 11) is 0. The summed E-state index contributed by atoms with van der Waals surface area (Å²) < 4.78 is -0.434. The third-order valence-corrected chi connectivity index (χ3v) is 4.44. The van der Waals surface area contributed by atoms with Crippen molar-refractivity contribution in [1.29, 1.82) is 0 Å². The normalized spacial score (nSPS) is 50.1. The van der Waals surface area contributed by atoms with Crippen LogP contribution in [0.25, 0.3) is 0 Å². The number of rotatable bonds is 0. The number of hydrogen-bond acceptors (Lipinski definition) is 1. The Morgan fingerprint density at radius 1 is 1.50 bits per heavy atom. The molecule has 2 atom stereocenters. The van der Waals surface area contributed by atoms with Gasteiger partial charge in [0.1, 0.15) is 4.33 Å². The zero-order valence-corrected chi connectivity index (χ0v) is 7.47. The van der Waals surface area contributed by atoms with E-state index in [0.717, 1.165) is 19.5 Å². The van der Waals surface area contributed by atoms with Crippen LogP contribution in [0.1, 0.15) is 13.3 Å². The highest BCUT2D eigenvalue weighted by Crippen LogP contribution is 2.71. The minimum atomic E-state index is -0.434. The minimum absolute atomic E-state index is 0.210. The molecule has 1 N–H and O–H groups in total. The second-order valence-corrected chi connectivity index (χ2v) is 4.93. The summed E-state index contributed by atoms with van der Waals surface area (Å²) in [5, 5.41) is 3.29. The molecule has 1 saturated carbocycles. The average molecular weight is 180 g/mol. The number of halogens is 2. The van der Waals surface area contributed by atoms with E-state index in [9.17, 15) is 0 Å². The first-order valence-corrected chi connectivity index (χ1v) is 4.43.